The van der Waals surface area contributed by atoms with Crippen LogP contribution in [0.3, 0.4) is 0 Å². The van der Waals surface area contributed by atoms with E-state index in [4.69, 9.17) is 4.74 Å². The van der Waals surface area contributed by atoms with Crippen molar-refractivity contribution in [1.82, 2.24) is 9.55 Å². The molecule has 7 heteroatoms. The predicted octanol–water partition coefficient (Wildman–Crippen LogP) is 3.19. The molecule has 0 bridgehead atoms. The zero-order chi connectivity index (χ0) is 19.0. The summed E-state index contributed by atoms with van der Waals surface area (Å²) in [4.78, 5) is 17.3. The number of hydrogen-bond donors (Lipinski definition) is 1. The molecular formula is C20H19FN4O2. The molecule has 0 unspecified atom stereocenters. The fourth-order valence-electron chi connectivity index (χ4n) is 3.93. The summed E-state index contributed by atoms with van der Waals surface area (Å²) in [5, 5.41) is 9.28. The van der Waals surface area contributed by atoms with E-state index < -0.39 is 0 Å². The minimum atomic E-state index is -0.388. The lowest BCUT2D eigenvalue weighted by atomic mass is 10.0. The van der Waals surface area contributed by atoms with Gasteiger partial charge in [0.05, 0.1) is 23.9 Å². The summed E-state index contributed by atoms with van der Waals surface area (Å²) in [5.41, 5.74) is 2.01. The van der Waals surface area contributed by atoms with E-state index in [9.17, 15) is 14.4 Å². The molecule has 0 aliphatic carbocycles. The van der Waals surface area contributed by atoms with Crippen molar-refractivity contribution < 1.29 is 9.13 Å². The van der Waals surface area contributed by atoms with E-state index >= 15 is 0 Å². The highest BCUT2D eigenvalue weighted by molar-refractivity contribution is 5.82. The van der Waals surface area contributed by atoms with Crippen molar-refractivity contribution in [1.29, 1.82) is 5.26 Å². The van der Waals surface area contributed by atoms with Gasteiger partial charge in [0.1, 0.15) is 23.2 Å². The Morgan fingerprint density at radius 3 is 2.67 bits per heavy atom. The summed E-state index contributed by atoms with van der Waals surface area (Å²) >= 11 is 0. The number of aromatic amines is 1. The number of nitriles is 1. The van der Waals surface area contributed by atoms with E-state index in [-0.39, 0.29) is 17.5 Å². The molecule has 4 rings (SSSR count). The third-order valence-electron chi connectivity index (χ3n) is 5.19. The number of fused-ring (bicyclic) bond motifs is 1. The van der Waals surface area contributed by atoms with Crippen molar-refractivity contribution in [3.05, 3.63) is 58.3 Å². The molecule has 6 nitrogen and oxygen atoms in total. The zero-order valence-electron chi connectivity index (χ0n) is 14.9. The maximum absolute atomic E-state index is 14.3. The average molecular weight is 366 g/mol. The van der Waals surface area contributed by atoms with Gasteiger partial charge >= 0.3 is 5.69 Å². The van der Waals surface area contributed by atoms with Crippen LogP contribution in [0.25, 0.3) is 11.0 Å². The number of ether oxygens (including phenoxy) is 1. The van der Waals surface area contributed by atoms with Gasteiger partial charge in [-0.05, 0) is 37.1 Å². The maximum atomic E-state index is 14.3. The van der Waals surface area contributed by atoms with Crippen molar-refractivity contribution in [3.8, 4) is 11.8 Å². The number of aromatic nitrogens is 2. The number of nitrogens with zero attached hydrogens (tertiary/aromatic N) is 3. The lowest BCUT2D eigenvalue weighted by molar-refractivity contribution is 0.394. The molecule has 0 atom stereocenters. The first-order valence-electron chi connectivity index (χ1n) is 8.85. The lowest BCUT2D eigenvalue weighted by Crippen LogP contribution is -2.37. The van der Waals surface area contributed by atoms with Gasteiger partial charge in [0.25, 0.3) is 0 Å². The molecule has 1 aliphatic heterocycles. The molecule has 2 heterocycles. The van der Waals surface area contributed by atoms with Gasteiger partial charge in [0.15, 0.2) is 0 Å². The normalized spacial score (nSPS) is 15.1. The third-order valence-corrected chi connectivity index (χ3v) is 5.19. The summed E-state index contributed by atoms with van der Waals surface area (Å²) in [6.07, 6.45) is 1.37. The Labute approximate surface area is 155 Å². The van der Waals surface area contributed by atoms with Crippen molar-refractivity contribution in [2.75, 3.05) is 25.1 Å². The molecule has 0 saturated carbocycles. The van der Waals surface area contributed by atoms with E-state index in [1.165, 1.54) is 6.07 Å². The number of H-pyrrole nitrogens is 1. The number of nitrogens with one attached hydrogen (secondary N) is 1. The highest BCUT2D eigenvalue weighted by Gasteiger charge is 2.26. The van der Waals surface area contributed by atoms with E-state index in [0.717, 1.165) is 5.52 Å². The van der Waals surface area contributed by atoms with Crippen LogP contribution in [-0.4, -0.2) is 29.8 Å². The highest BCUT2D eigenvalue weighted by atomic mass is 19.1. The summed E-state index contributed by atoms with van der Waals surface area (Å²) in [6.45, 7) is 1.15. The summed E-state index contributed by atoms with van der Waals surface area (Å²) < 4.78 is 21.4. The lowest BCUT2D eigenvalue weighted by Gasteiger charge is -2.34. The van der Waals surface area contributed by atoms with E-state index in [2.05, 4.69) is 11.1 Å². The average Bonchev–Trinajstić information content (AvgIpc) is 3.03. The van der Waals surface area contributed by atoms with Crippen LogP contribution in [0.15, 0.2) is 41.2 Å². The Morgan fingerprint density at radius 1 is 1.22 bits per heavy atom. The van der Waals surface area contributed by atoms with Gasteiger partial charge in [-0.2, -0.15) is 5.26 Å². The summed E-state index contributed by atoms with van der Waals surface area (Å²) in [6, 6.07) is 12.2. The molecule has 27 heavy (non-hydrogen) atoms. The molecule has 0 spiro atoms. The number of rotatable bonds is 3. The van der Waals surface area contributed by atoms with E-state index in [0.29, 0.717) is 48.4 Å². The van der Waals surface area contributed by atoms with Crippen molar-refractivity contribution >= 4 is 16.7 Å². The Morgan fingerprint density at radius 2 is 1.96 bits per heavy atom. The van der Waals surface area contributed by atoms with Crippen molar-refractivity contribution in [3.63, 3.8) is 0 Å². The second kappa shape index (κ2) is 6.80. The Balaban J connectivity index is 1.63. The Kier molecular flexibility index (Phi) is 4.32. The largest absolute Gasteiger partial charge is 0.494 e. The second-order valence-corrected chi connectivity index (χ2v) is 6.62. The highest BCUT2D eigenvalue weighted by Crippen LogP contribution is 2.32. The molecule has 1 saturated heterocycles. The SMILES string of the molecule is COc1cccc2c1[nH]c(=O)n2C1CCN(c2c(F)cccc2C#N)CC1. The fourth-order valence-corrected chi connectivity index (χ4v) is 3.93. The Bertz CT molecular complexity index is 1090. The number of methoxy groups -OCH3 is 1. The first-order valence-corrected chi connectivity index (χ1v) is 8.85. The molecular weight excluding hydrogens is 347 g/mol. The number of anilines is 1. The molecule has 1 aliphatic rings. The van der Waals surface area contributed by atoms with E-state index in [1.54, 1.807) is 23.8 Å². The Hall–Kier alpha value is -3.27. The maximum Gasteiger partial charge on any atom is 0.326 e. The predicted molar refractivity (Wildman–Crippen MR) is 101 cm³/mol. The van der Waals surface area contributed by atoms with Crippen LogP contribution in [0.2, 0.25) is 0 Å². The van der Waals surface area contributed by atoms with Crippen LogP contribution < -0.4 is 15.3 Å². The van der Waals surface area contributed by atoms with Gasteiger partial charge in [-0.15, -0.1) is 0 Å². The molecule has 138 valence electrons. The number of piperidine rings is 1. The van der Waals surface area contributed by atoms with Crippen LogP contribution >= 0.6 is 0 Å². The van der Waals surface area contributed by atoms with Gasteiger partial charge in [0, 0.05) is 19.1 Å². The summed E-state index contributed by atoms with van der Waals surface area (Å²) in [5.74, 6) is 0.243. The van der Waals surface area contributed by atoms with Gasteiger partial charge in [-0.1, -0.05) is 12.1 Å². The van der Waals surface area contributed by atoms with Crippen LogP contribution in [0.1, 0.15) is 24.4 Å². The summed E-state index contributed by atoms with van der Waals surface area (Å²) in [7, 11) is 1.57. The van der Waals surface area contributed by atoms with Crippen LogP contribution in [0, 0.1) is 17.1 Å². The fraction of sp³-hybridized carbons (Fsp3) is 0.300. The third kappa shape index (κ3) is 2.83. The number of para-hydroxylation sites is 2. The molecule has 1 N–H and O–H groups in total. The van der Waals surface area contributed by atoms with Crippen molar-refractivity contribution in [2.45, 2.75) is 18.9 Å². The van der Waals surface area contributed by atoms with Crippen LogP contribution in [-0.2, 0) is 0 Å². The molecule has 1 aromatic heterocycles. The van der Waals surface area contributed by atoms with Gasteiger partial charge in [-0.25, -0.2) is 9.18 Å². The zero-order valence-corrected chi connectivity index (χ0v) is 14.9. The van der Waals surface area contributed by atoms with Crippen LogP contribution in [0.5, 0.6) is 5.75 Å². The molecule has 0 amide bonds. The molecule has 0 radical (unpaired) electrons. The standard InChI is InChI=1S/C20H19FN4O2/c1-27-17-7-3-6-16-18(17)23-20(26)25(16)14-8-10-24(11-9-14)19-13(12-22)4-2-5-15(19)21/h2-7,14H,8-11H2,1H3,(H,23,26). The van der Waals surface area contributed by atoms with E-state index in [1.807, 2.05) is 23.1 Å². The molecule has 3 aromatic rings. The first kappa shape index (κ1) is 17.2. The van der Waals surface area contributed by atoms with Crippen LogP contribution in [0.4, 0.5) is 10.1 Å². The molecule has 1 fully saturated rings. The van der Waals surface area contributed by atoms with Gasteiger partial charge in [0.2, 0.25) is 0 Å². The first-order chi connectivity index (χ1) is 13.1. The van der Waals surface area contributed by atoms with Gasteiger partial charge < -0.3 is 14.6 Å². The second-order valence-electron chi connectivity index (χ2n) is 6.62. The quantitative estimate of drug-likeness (QED) is 0.773. The number of halogens is 1. The van der Waals surface area contributed by atoms with Gasteiger partial charge in [-0.3, -0.25) is 4.57 Å². The number of hydrogen-bond acceptors (Lipinski definition) is 4. The molecule has 2 aromatic carbocycles. The minimum Gasteiger partial charge on any atom is -0.494 e. The monoisotopic (exact) mass is 366 g/mol. The number of benzene rings is 2. The minimum absolute atomic E-state index is 0.00640. The number of imidazole rings is 1. The van der Waals surface area contributed by atoms with Crippen molar-refractivity contribution in [2.24, 2.45) is 0 Å². The smallest absolute Gasteiger partial charge is 0.326 e. The topological polar surface area (TPSA) is 74.1 Å².